The topological polar surface area (TPSA) is 93.2 Å². The molecule has 7 nitrogen and oxygen atoms in total. The Kier molecular flexibility index (Phi) is 4.54. The summed E-state index contributed by atoms with van der Waals surface area (Å²) < 4.78 is 1.58. The number of nitrogens with zero attached hydrogens (tertiary/aromatic N) is 3. The molecule has 0 amide bonds. The Hall–Kier alpha value is -2.12. The van der Waals surface area contributed by atoms with Crippen molar-refractivity contribution >= 4 is 23.0 Å². The summed E-state index contributed by atoms with van der Waals surface area (Å²) in [5, 5.41) is 27.2. The number of halogens is 1. The lowest BCUT2D eigenvalue weighted by molar-refractivity contribution is -0.385. The number of nitro benzene ring substituents is 1. The second-order valence-electron chi connectivity index (χ2n) is 4.10. The molecule has 0 fully saturated rings. The average Bonchev–Trinajstić information content (AvgIpc) is 2.84. The van der Waals surface area contributed by atoms with Crippen LogP contribution in [0.1, 0.15) is 5.56 Å². The van der Waals surface area contributed by atoms with Gasteiger partial charge >= 0.3 is 0 Å². The minimum Gasteiger partial charge on any atom is -0.394 e. The molecular weight excluding hydrogens is 284 g/mol. The Bertz CT molecular complexity index is 614. The number of nitrogens with one attached hydrogen (secondary N) is 1. The first-order chi connectivity index (χ1) is 9.60. The zero-order chi connectivity index (χ0) is 14.5. The van der Waals surface area contributed by atoms with Crippen molar-refractivity contribution in [2.75, 3.05) is 11.9 Å². The van der Waals surface area contributed by atoms with E-state index < -0.39 is 4.92 Å². The van der Waals surface area contributed by atoms with Gasteiger partial charge in [-0.15, -0.1) is 0 Å². The molecule has 1 aromatic heterocycles. The Morgan fingerprint density at radius 1 is 1.50 bits per heavy atom. The van der Waals surface area contributed by atoms with Gasteiger partial charge in [0, 0.05) is 23.8 Å². The van der Waals surface area contributed by atoms with Crippen molar-refractivity contribution in [1.82, 2.24) is 9.78 Å². The lowest BCUT2D eigenvalue weighted by Gasteiger charge is -2.05. The fourth-order valence-electron chi connectivity index (χ4n) is 1.75. The first kappa shape index (κ1) is 14.3. The van der Waals surface area contributed by atoms with E-state index in [-0.39, 0.29) is 18.8 Å². The third kappa shape index (κ3) is 3.46. The third-order valence-electron chi connectivity index (χ3n) is 2.68. The number of aromatic nitrogens is 2. The number of anilines is 1. The molecule has 0 atom stereocenters. The molecular formula is C12H13ClN4O3. The van der Waals surface area contributed by atoms with Gasteiger partial charge in [-0.25, -0.2) is 0 Å². The average molecular weight is 297 g/mol. The highest BCUT2D eigenvalue weighted by atomic mass is 35.5. The highest BCUT2D eigenvalue weighted by molar-refractivity contribution is 6.30. The lowest BCUT2D eigenvalue weighted by atomic mass is 10.2. The molecule has 20 heavy (non-hydrogen) atoms. The Morgan fingerprint density at radius 3 is 3.00 bits per heavy atom. The molecule has 8 heteroatoms. The van der Waals surface area contributed by atoms with Crippen molar-refractivity contribution in [3.63, 3.8) is 0 Å². The maximum atomic E-state index is 10.9. The SMILES string of the molecule is O=[N+]([O-])c1ccc(Cl)cc1CNc1cnn(CCO)c1. The summed E-state index contributed by atoms with van der Waals surface area (Å²) >= 11 is 5.85. The minimum atomic E-state index is -0.442. The van der Waals surface area contributed by atoms with Crippen molar-refractivity contribution in [3.05, 3.63) is 51.3 Å². The van der Waals surface area contributed by atoms with E-state index in [4.69, 9.17) is 16.7 Å². The summed E-state index contributed by atoms with van der Waals surface area (Å²) in [6.07, 6.45) is 3.30. The minimum absolute atomic E-state index is 0.000878. The summed E-state index contributed by atoms with van der Waals surface area (Å²) in [7, 11) is 0. The van der Waals surface area contributed by atoms with E-state index in [2.05, 4.69) is 10.4 Å². The van der Waals surface area contributed by atoms with Crippen LogP contribution in [0.15, 0.2) is 30.6 Å². The molecule has 0 aliphatic carbocycles. The van der Waals surface area contributed by atoms with E-state index in [1.165, 1.54) is 12.1 Å². The Balaban J connectivity index is 2.09. The maximum absolute atomic E-state index is 10.9. The number of hydrogen-bond donors (Lipinski definition) is 2. The summed E-state index contributed by atoms with van der Waals surface area (Å²) in [5.74, 6) is 0. The number of rotatable bonds is 6. The molecule has 2 aromatic rings. The van der Waals surface area contributed by atoms with Crippen molar-refractivity contribution in [1.29, 1.82) is 0 Å². The van der Waals surface area contributed by atoms with Crippen molar-refractivity contribution in [2.24, 2.45) is 0 Å². The summed E-state index contributed by atoms with van der Waals surface area (Å²) in [6, 6.07) is 4.43. The van der Waals surface area contributed by atoms with E-state index in [1.54, 1.807) is 23.1 Å². The Labute approximate surface area is 119 Å². The largest absolute Gasteiger partial charge is 0.394 e. The van der Waals surface area contributed by atoms with Crippen LogP contribution in [-0.4, -0.2) is 26.4 Å². The van der Waals surface area contributed by atoms with E-state index >= 15 is 0 Å². The number of benzene rings is 1. The van der Waals surface area contributed by atoms with Gasteiger partial charge in [0.15, 0.2) is 0 Å². The zero-order valence-electron chi connectivity index (χ0n) is 10.5. The van der Waals surface area contributed by atoms with Crippen molar-refractivity contribution in [3.8, 4) is 0 Å². The quantitative estimate of drug-likeness (QED) is 0.628. The van der Waals surface area contributed by atoms with E-state index in [0.29, 0.717) is 22.8 Å². The van der Waals surface area contributed by atoms with Gasteiger partial charge in [-0.1, -0.05) is 11.6 Å². The fraction of sp³-hybridized carbons (Fsp3) is 0.250. The van der Waals surface area contributed by atoms with Crippen LogP contribution < -0.4 is 5.32 Å². The van der Waals surface area contributed by atoms with Crippen LogP contribution in [0.3, 0.4) is 0 Å². The molecule has 1 heterocycles. The predicted molar refractivity (Wildman–Crippen MR) is 74.7 cm³/mol. The van der Waals surface area contributed by atoms with Gasteiger partial charge in [0.2, 0.25) is 0 Å². The Morgan fingerprint density at radius 2 is 2.30 bits per heavy atom. The van der Waals surface area contributed by atoms with Gasteiger partial charge in [0.25, 0.3) is 5.69 Å². The summed E-state index contributed by atoms with van der Waals surface area (Å²) in [5.41, 5.74) is 1.23. The van der Waals surface area contributed by atoms with Crippen LogP contribution in [0.2, 0.25) is 5.02 Å². The van der Waals surface area contributed by atoms with Gasteiger partial charge in [-0.05, 0) is 12.1 Å². The molecule has 2 N–H and O–H groups in total. The second-order valence-corrected chi connectivity index (χ2v) is 4.54. The fourth-order valence-corrected chi connectivity index (χ4v) is 1.95. The number of aliphatic hydroxyl groups is 1. The molecule has 2 rings (SSSR count). The van der Waals surface area contributed by atoms with E-state index in [1.807, 2.05) is 0 Å². The van der Waals surface area contributed by atoms with Crippen LogP contribution >= 0.6 is 11.6 Å². The summed E-state index contributed by atoms with van der Waals surface area (Å²) in [4.78, 5) is 10.5. The summed E-state index contributed by atoms with van der Waals surface area (Å²) in [6.45, 7) is 0.668. The molecule has 0 aliphatic rings. The normalized spacial score (nSPS) is 10.5. The molecule has 0 saturated heterocycles. The smallest absolute Gasteiger partial charge is 0.274 e. The molecule has 106 valence electrons. The monoisotopic (exact) mass is 296 g/mol. The van der Waals surface area contributed by atoms with Gasteiger partial charge in [-0.2, -0.15) is 5.10 Å². The molecule has 0 saturated carbocycles. The van der Waals surface area contributed by atoms with Crippen LogP contribution in [0.25, 0.3) is 0 Å². The highest BCUT2D eigenvalue weighted by Gasteiger charge is 2.13. The number of hydrogen-bond acceptors (Lipinski definition) is 5. The molecule has 0 bridgehead atoms. The lowest BCUT2D eigenvalue weighted by Crippen LogP contribution is -2.03. The maximum Gasteiger partial charge on any atom is 0.274 e. The second kappa shape index (κ2) is 6.36. The van der Waals surface area contributed by atoms with Crippen molar-refractivity contribution in [2.45, 2.75) is 13.1 Å². The van der Waals surface area contributed by atoms with E-state index in [9.17, 15) is 10.1 Å². The van der Waals surface area contributed by atoms with Gasteiger partial charge in [0.1, 0.15) is 0 Å². The zero-order valence-corrected chi connectivity index (χ0v) is 11.2. The predicted octanol–water partition coefficient (Wildman–Crippen LogP) is 2.05. The molecule has 0 aliphatic heterocycles. The van der Waals surface area contributed by atoms with Crippen molar-refractivity contribution < 1.29 is 10.0 Å². The highest BCUT2D eigenvalue weighted by Crippen LogP contribution is 2.23. The van der Waals surface area contributed by atoms with Crippen LogP contribution in [0.4, 0.5) is 11.4 Å². The standard InChI is InChI=1S/C12H13ClN4O3/c13-10-1-2-12(17(19)20)9(5-10)6-14-11-7-15-16(8-11)3-4-18/h1-2,5,7-8,14,18H,3-4,6H2. The molecule has 0 radical (unpaired) electrons. The number of nitro groups is 1. The van der Waals surface area contributed by atoms with Crippen LogP contribution in [-0.2, 0) is 13.1 Å². The molecule has 0 unspecified atom stereocenters. The third-order valence-corrected chi connectivity index (χ3v) is 2.92. The van der Waals surface area contributed by atoms with Gasteiger partial charge < -0.3 is 10.4 Å². The van der Waals surface area contributed by atoms with Crippen LogP contribution in [0.5, 0.6) is 0 Å². The number of aliphatic hydroxyl groups excluding tert-OH is 1. The molecule has 1 aromatic carbocycles. The first-order valence-corrected chi connectivity index (χ1v) is 6.28. The van der Waals surface area contributed by atoms with Gasteiger partial charge in [0.05, 0.1) is 35.5 Å². The van der Waals surface area contributed by atoms with Crippen LogP contribution in [0, 0.1) is 10.1 Å². The van der Waals surface area contributed by atoms with E-state index in [0.717, 1.165) is 0 Å². The first-order valence-electron chi connectivity index (χ1n) is 5.90. The van der Waals surface area contributed by atoms with Gasteiger partial charge in [-0.3, -0.25) is 14.8 Å². The molecule has 0 spiro atoms.